The summed E-state index contributed by atoms with van der Waals surface area (Å²) in [4.78, 5) is 21.5. The number of rotatable bonds is 4. The van der Waals surface area contributed by atoms with Gasteiger partial charge in [-0.25, -0.2) is 4.98 Å². The van der Waals surface area contributed by atoms with Crippen LogP contribution in [0, 0.1) is 0 Å². The molecular formula is C16H15N3O2. The van der Waals surface area contributed by atoms with Gasteiger partial charge in [-0.3, -0.25) is 4.79 Å². The van der Waals surface area contributed by atoms with Gasteiger partial charge in [-0.15, -0.1) is 0 Å². The molecule has 0 aliphatic rings. The third-order valence-corrected chi connectivity index (χ3v) is 3.24. The molecule has 2 aromatic heterocycles. The number of carbonyl (C=O) groups excluding carboxylic acids is 1. The number of para-hydroxylation sites is 1. The minimum absolute atomic E-state index is 0.104. The van der Waals surface area contributed by atoms with Crippen LogP contribution in [0.3, 0.4) is 0 Å². The lowest BCUT2D eigenvalue weighted by Gasteiger charge is -2.03. The molecule has 5 nitrogen and oxygen atoms in total. The fourth-order valence-corrected chi connectivity index (χ4v) is 2.31. The Bertz CT molecular complexity index is 766. The molecule has 0 unspecified atom stereocenters. The van der Waals surface area contributed by atoms with Gasteiger partial charge in [0.25, 0.3) is 0 Å². The van der Waals surface area contributed by atoms with E-state index in [-0.39, 0.29) is 12.3 Å². The number of fused-ring (bicyclic) bond motifs is 1. The topological polar surface area (TPSA) is 56.1 Å². The summed E-state index contributed by atoms with van der Waals surface area (Å²) in [5, 5.41) is 3.79. The minimum atomic E-state index is -0.104. The van der Waals surface area contributed by atoms with Gasteiger partial charge in [0.05, 0.1) is 11.9 Å². The Labute approximate surface area is 122 Å². The van der Waals surface area contributed by atoms with E-state index in [1.165, 1.54) is 0 Å². The molecule has 1 amide bonds. The molecule has 0 radical (unpaired) electrons. The second-order valence-corrected chi connectivity index (χ2v) is 4.62. The van der Waals surface area contributed by atoms with E-state index in [1.807, 2.05) is 42.6 Å². The molecule has 0 aliphatic carbocycles. The molecule has 1 N–H and O–H groups in total. The summed E-state index contributed by atoms with van der Waals surface area (Å²) in [6.45, 7) is 0. The highest BCUT2D eigenvalue weighted by atomic mass is 16.6. The molecule has 0 atom stereocenters. The summed E-state index contributed by atoms with van der Waals surface area (Å²) in [5.41, 5.74) is 1.86. The van der Waals surface area contributed by atoms with E-state index in [4.69, 9.17) is 4.84 Å². The number of nitrogens with one attached hydrogen (secondary N) is 1. The highest BCUT2D eigenvalue weighted by Gasteiger charge is 2.12. The first-order valence-electron chi connectivity index (χ1n) is 6.62. The molecule has 2 heterocycles. The lowest BCUT2D eigenvalue weighted by atomic mass is 10.1. The third-order valence-electron chi connectivity index (χ3n) is 3.24. The first-order valence-corrected chi connectivity index (χ1v) is 6.62. The third kappa shape index (κ3) is 2.72. The van der Waals surface area contributed by atoms with Crippen molar-refractivity contribution < 1.29 is 9.63 Å². The molecule has 0 saturated carbocycles. The first-order chi connectivity index (χ1) is 10.3. The fourth-order valence-electron chi connectivity index (χ4n) is 2.31. The summed E-state index contributed by atoms with van der Waals surface area (Å²) in [6.07, 6.45) is 3.75. The van der Waals surface area contributed by atoms with Gasteiger partial charge in [-0.2, -0.15) is 4.73 Å². The van der Waals surface area contributed by atoms with Crippen LogP contribution in [0.5, 0.6) is 0 Å². The molecule has 0 aliphatic heterocycles. The smallest absolute Gasteiger partial charge is 0.230 e. The van der Waals surface area contributed by atoms with E-state index in [0.717, 1.165) is 16.5 Å². The van der Waals surface area contributed by atoms with Gasteiger partial charge in [0, 0.05) is 17.8 Å². The summed E-state index contributed by atoms with van der Waals surface area (Å²) in [5.74, 6) is 0.450. The van der Waals surface area contributed by atoms with Crippen molar-refractivity contribution in [1.82, 2.24) is 9.71 Å². The molecule has 21 heavy (non-hydrogen) atoms. The lowest BCUT2D eigenvalue weighted by molar-refractivity contribution is -0.115. The standard InChI is InChI=1S/C16H15N3O2/c1-21-19-11-12(13-6-2-3-7-14(13)19)10-16(20)18-15-8-4-5-9-17-15/h2-9,11H,10H2,1H3,(H,17,18,20). The van der Waals surface area contributed by atoms with Crippen LogP contribution in [-0.2, 0) is 11.2 Å². The van der Waals surface area contributed by atoms with E-state index >= 15 is 0 Å². The Kier molecular flexibility index (Phi) is 3.55. The number of benzene rings is 1. The monoisotopic (exact) mass is 281 g/mol. The minimum Gasteiger partial charge on any atom is -0.417 e. The highest BCUT2D eigenvalue weighted by molar-refractivity contribution is 5.95. The van der Waals surface area contributed by atoms with Crippen LogP contribution in [0.25, 0.3) is 10.9 Å². The number of aromatic nitrogens is 2. The van der Waals surface area contributed by atoms with Gasteiger partial charge >= 0.3 is 0 Å². The zero-order valence-corrected chi connectivity index (χ0v) is 11.6. The van der Waals surface area contributed by atoms with Crippen LogP contribution >= 0.6 is 0 Å². The number of pyridine rings is 1. The number of carbonyl (C=O) groups is 1. The second kappa shape index (κ2) is 5.66. The van der Waals surface area contributed by atoms with Crippen molar-refractivity contribution >= 4 is 22.6 Å². The van der Waals surface area contributed by atoms with E-state index in [1.54, 1.807) is 24.1 Å². The average Bonchev–Trinajstić information content (AvgIpc) is 2.86. The van der Waals surface area contributed by atoms with Crippen LogP contribution in [0.15, 0.2) is 54.9 Å². The van der Waals surface area contributed by atoms with Crippen molar-refractivity contribution in [1.29, 1.82) is 0 Å². The Balaban J connectivity index is 1.83. The van der Waals surface area contributed by atoms with Crippen LogP contribution in [0.4, 0.5) is 5.82 Å². The van der Waals surface area contributed by atoms with Crippen molar-refractivity contribution in [3.8, 4) is 0 Å². The van der Waals surface area contributed by atoms with Gasteiger partial charge in [-0.05, 0) is 23.8 Å². The maximum Gasteiger partial charge on any atom is 0.230 e. The Hall–Kier alpha value is -2.82. The zero-order chi connectivity index (χ0) is 14.7. The fraction of sp³-hybridized carbons (Fsp3) is 0.125. The Morgan fingerprint density at radius 2 is 2.05 bits per heavy atom. The van der Waals surface area contributed by atoms with Crippen molar-refractivity contribution in [2.24, 2.45) is 0 Å². The predicted octanol–water partition coefficient (Wildman–Crippen LogP) is 2.28. The molecule has 1 aromatic carbocycles. The van der Waals surface area contributed by atoms with Gasteiger partial charge in [0.2, 0.25) is 5.91 Å². The van der Waals surface area contributed by atoms with E-state index in [9.17, 15) is 4.79 Å². The number of hydrogen-bond acceptors (Lipinski definition) is 3. The maximum atomic E-state index is 12.1. The highest BCUT2D eigenvalue weighted by Crippen LogP contribution is 2.21. The van der Waals surface area contributed by atoms with Gasteiger partial charge in [0.1, 0.15) is 12.9 Å². The van der Waals surface area contributed by atoms with Crippen LogP contribution in [-0.4, -0.2) is 22.7 Å². The largest absolute Gasteiger partial charge is 0.417 e. The number of anilines is 1. The van der Waals surface area contributed by atoms with Crippen LogP contribution < -0.4 is 10.2 Å². The normalized spacial score (nSPS) is 10.5. The predicted molar refractivity (Wildman–Crippen MR) is 81.0 cm³/mol. The van der Waals surface area contributed by atoms with E-state index < -0.39 is 0 Å². The molecule has 106 valence electrons. The number of nitrogens with zero attached hydrogens (tertiary/aromatic N) is 2. The van der Waals surface area contributed by atoms with Crippen molar-refractivity contribution in [3.63, 3.8) is 0 Å². The van der Waals surface area contributed by atoms with Gasteiger partial charge < -0.3 is 10.2 Å². The molecule has 3 aromatic rings. The molecule has 0 saturated heterocycles. The summed E-state index contributed by atoms with van der Waals surface area (Å²) in [6, 6.07) is 13.2. The maximum absolute atomic E-state index is 12.1. The van der Waals surface area contributed by atoms with Crippen molar-refractivity contribution in [3.05, 3.63) is 60.4 Å². The quantitative estimate of drug-likeness (QED) is 0.798. The van der Waals surface area contributed by atoms with Gasteiger partial charge in [-0.1, -0.05) is 24.3 Å². The molecule has 3 rings (SSSR count). The molecule has 0 fully saturated rings. The SMILES string of the molecule is COn1cc(CC(=O)Nc2ccccn2)c2ccccc21. The molecule has 0 spiro atoms. The lowest BCUT2D eigenvalue weighted by Crippen LogP contribution is -2.15. The second-order valence-electron chi connectivity index (χ2n) is 4.62. The van der Waals surface area contributed by atoms with Gasteiger partial charge in [0.15, 0.2) is 0 Å². The number of amides is 1. The Morgan fingerprint density at radius 1 is 1.24 bits per heavy atom. The van der Waals surface area contributed by atoms with Crippen LogP contribution in [0.1, 0.15) is 5.56 Å². The number of hydrogen-bond donors (Lipinski definition) is 1. The molecule has 5 heteroatoms. The zero-order valence-electron chi connectivity index (χ0n) is 11.6. The Morgan fingerprint density at radius 3 is 2.81 bits per heavy atom. The van der Waals surface area contributed by atoms with Crippen molar-refractivity contribution in [2.45, 2.75) is 6.42 Å². The average molecular weight is 281 g/mol. The summed E-state index contributed by atoms with van der Waals surface area (Å²) in [7, 11) is 1.60. The first kappa shape index (κ1) is 13.2. The van der Waals surface area contributed by atoms with Crippen LogP contribution in [0.2, 0.25) is 0 Å². The molecular weight excluding hydrogens is 266 g/mol. The summed E-state index contributed by atoms with van der Waals surface area (Å²) < 4.78 is 1.67. The van der Waals surface area contributed by atoms with Crippen molar-refractivity contribution in [2.75, 3.05) is 12.4 Å². The van der Waals surface area contributed by atoms with E-state index in [2.05, 4.69) is 10.3 Å². The van der Waals surface area contributed by atoms with E-state index in [0.29, 0.717) is 5.82 Å². The summed E-state index contributed by atoms with van der Waals surface area (Å²) >= 11 is 0. The molecule has 0 bridgehead atoms.